The van der Waals surface area contributed by atoms with Crippen LogP contribution < -0.4 is 0 Å². The van der Waals surface area contributed by atoms with Gasteiger partial charge in [-0.05, 0) is 6.07 Å². The van der Waals surface area contributed by atoms with Crippen molar-refractivity contribution >= 4 is 0 Å². The molecule has 0 unspecified atom stereocenters. The van der Waals surface area contributed by atoms with Crippen LogP contribution in [0.5, 0.6) is 0 Å². The fourth-order valence-corrected chi connectivity index (χ4v) is 1.20. The molecule has 2 heterocycles. The van der Waals surface area contributed by atoms with E-state index in [9.17, 15) is 0 Å². The van der Waals surface area contributed by atoms with Crippen molar-refractivity contribution in [1.29, 1.82) is 0 Å². The van der Waals surface area contributed by atoms with E-state index in [1.165, 1.54) is 6.33 Å². The Hall–Kier alpha value is -1.78. The van der Waals surface area contributed by atoms with Crippen LogP contribution in [0.2, 0.25) is 0 Å². The summed E-state index contributed by atoms with van der Waals surface area (Å²) in [6.45, 7) is 4.12. The van der Waals surface area contributed by atoms with Gasteiger partial charge in [-0.25, -0.2) is 15.0 Å². The highest BCUT2D eigenvalue weighted by molar-refractivity contribution is 5.11. The normalized spacial score (nSPS) is 10.8. The van der Waals surface area contributed by atoms with Crippen LogP contribution in [0.25, 0.3) is 5.95 Å². The molecule has 0 radical (unpaired) electrons. The molecule has 0 fully saturated rings. The largest absolute Gasteiger partial charge is 0.252 e. The Morgan fingerprint density at radius 2 is 1.86 bits per heavy atom. The predicted molar refractivity (Wildman–Crippen MR) is 51.0 cm³/mol. The van der Waals surface area contributed by atoms with E-state index in [-0.39, 0.29) is 0 Å². The minimum absolute atomic E-state index is 0.307. The van der Waals surface area contributed by atoms with E-state index in [1.54, 1.807) is 23.1 Å². The number of aromatic nitrogens is 5. The number of hydrogen-bond donors (Lipinski definition) is 0. The first-order valence-corrected chi connectivity index (χ1v) is 4.46. The summed E-state index contributed by atoms with van der Waals surface area (Å²) >= 11 is 0. The van der Waals surface area contributed by atoms with Crippen molar-refractivity contribution in [2.45, 2.75) is 19.8 Å². The van der Waals surface area contributed by atoms with Crippen molar-refractivity contribution < 1.29 is 0 Å². The minimum Gasteiger partial charge on any atom is -0.220 e. The molecule has 0 aliphatic rings. The fourth-order valence-electron chi connectivity index (χ4n) is 1.20. The van der Waals surface area contributed by atoms with Crippen molar-refractivity contribution in [2.75, 3.05) is 0 Å². The van der Waals surface area contributed by atoms with Crippen LogP contribution in [0.15, 0.2) is 24.8 Å². The summed E-state index contributed by atoms with van der Waals surface area (Å²) < 4.78 is 1.66. The van der Waals surface area contributed by atoms with Crippen molar-refractivity contribution in [3.05, 3.63) is 30.6 Å². The maximum atomic E-state index is 4.16. The van der Waals surface area contributed by atoms with E-state index in [1.807, 2.05) is 0 Å². The number of rotatable bonds is 2. The summed E-state index contributed by atoms with van der Waals surface area (Å²) in [6.07, 6.45) is 4.90. The highest BCUT2D eigenvalue weighted by Gasteiger charge is 2.11. The van der Waals surface area contributed by atoms with E-state index < -0.39 is 0 Å². The van der Waals surface area contributed by atoms with E-state index in [2.05, 4.69) is 33.9 Å². The van der Waals surface area contributed by atoms with Gasteiger partial charge in [0.25, 0.3) is 5.95 Å². The Morgan fingerprint density at radius 3 is 2.50 bits per heavy atom. The molecule has 0 aliphatic heterocycles. The van der Waals surface area contributed by atoms with Gasteiger partial charge in [0.2, 0.25) is 0 Å². The minimum atomic E-state index is 0.307. The zero-order chi connectivity index (χ0) is 9.97. The Kier molecular flexibility index (Phi) is 2.22. The van der Waals surface area contributed by atoms with Gasteiger partial charge in [0.05, 0.1) is 0 Å². The quantitative estimate of drug-likeness (QED) is 0.711. The first kappa shape index (κ1) is 8.80. The summed E-state index contributed by atoms with van der Waals surface area (Å²) in [5.41, 5.74) is 0. The molecule has 0 saturated carbocycles. The molecule has 0 aromatic carbocycles. The van der Waals surface area contributed by atoms with Crippen LogP contribution in [0.1, 0.15) is 25.6 Å². The van der Waals surface area contributed by atoms with Crippen molar-refractivity contribution in [3.8, 4) is 5.95 Å². The monoisotopic (exact) mass is 189 g/mol. The van der Waals surface area contributed by atoms with Gasteiger partial charge in [0.1, 0.15) is 12.2 Å². The van der Waals surface area contributed by atoms with Crippen LogP contribution in [0, 0.1) is 0 Å². The second-order valence-corrected chi connectivity index (χ2v) is 3.23. The molecule has 0 amide bonds. The third-order valence-electron chi connectivity index (χ3n) is 1.83. The van der Waals surface area contributed by atoms with Crippen LogP contribution in [0.3, 0.4) is 0 Å². The Bertz CT molecular complexity index is 406. The maximum absolute atomic E-state index is 4.16. The lowest BCUT2D eigenvalue weighted by Crippen LogP contribution is -2.08. The first-order chi connectivity index (χ1) is 6.79. The van der Waals surface area contributed by atoms with Gasteiger partial charge in [-0.2, -0.15) is 9.78 Å². The van der Waals surface area contributed by atoms with Crippen molar-refractivity contribution in [1.82, 2.24) is 24.7 Å². The van der Waals surface area contributed by atoms with E-state index in [0.717, 1.165) is 5.82 Å². The van der Waals surface area contributed by atoms with Crippen LogP contribution in [-0.4, -0.2) is 24.7 Å². The van der Waals surface area contributed by atoms with Gasteiger partial charge in [-0.3, -0.25) is 0 Å². The molecule has 0 bridgehead atoms. The fraction of sp³-hybridized carbons (Fsp3) is 0.333. The van der Waals surface area contributed by atoms with Gasteiger partial charge in [0, 0.05) is 18.3 Å². The molecular weight excluding hydrogens is 178 g/mol. The lowest BCUT2D eigenvalue weighted by atomic mass is 10.2. The number of hydrogen-bond acceptors (Lipinski definition) is 4. The second kappa shape index (κ2) is 3.53. The third-order valence-corrected chi connectivity index (χ3v) is 1.83. The second-order valence-electron chi connectivity index (χ2n) is 3.23. The summed E-state index contributed by atoms with van der Waals surface area (Å²) in [5.74, 6) is 1.74. The van der Waals surface area contributed by atoms with Gasteiger partial charge in [-0.15, -0.1) is 0 Å². The molecule has 2 aromatic heterocycles. The SMILES string of the molecule is CC(C)c1ncnn1-c1ncccn1. The van der Waals surface area contributed by atoms with Crippen LogP contribution >= 0.6 is 0 Å². The van der Waals surface area contributed by atoms with E-state index in [0.29, 0.717) is 11.9 Å². The molecule has 0 atom stereocenters. The first-order valence-electron chi connectivity index (χ1n) is 4.46. The van der Waals surface area contributed by atoms with E-state index in [4.69, 9.17) is 0 Å². The zero-order valence-electron chi connectivity index (χ0n) is 8.12. The van der Waals surface area contributed by atoms with Crippen LogP contribution in [0.4, 0.5) is 0 Å². The van der Waals surface area contributed by atoms with E-state index >= 15 is 0 Å². The Balaban J connectivity index is 2.47. The van der Waals surface area contributed by atoms with Gasteiger partial charge >= 0.3 is 0 Å². The summed E-state index contributed by atoms with van der Waals surface area (Å²) in [4.78, 5) is 12.4. The topological polar surface area (TPSA) is 56.5 Å². The molecule has 0 aliphatic carbocycles. The Labute approximate surface area is 81.8 Å². The third kappa shape index (κ3) is 1.48. The molecule has 2 rings (SSSR count). The average Bonchev–Trinajstić information content (AvgIpc) is 2.67. The molecule has 0 N–H and O–H groups in total. The molecule has 5 nitrogen and oxygen atoms in total. The molecule has 72 valence electrons. The smallest absolute Gasteiger partial charge is 0.220 e. The molecule has 5 heteroatoms. The highest BCUT2D eigenvalue weighted by Crippen LogP contribution is 2.12. The molecule has 2 aromatic rings. The summed E-state index contributed by atoms with van der Waals surface area (Å²) in [7, 11) is 0. The van der Waals surface area contributed by atoms with Crippen LogP contribution in [-0.2, 0) is 0 Å². The molecule has 0 spiro atoms. The van der Waals surface area contributed by atoms with Gasteiger partial charge < -0.3 is 0 Å². The van der Waals surface area contributed by atoms with Crippen molar-refractivity contribution in [2.24, 2.45) is 0 Å². The highest BCUT2D eigenvalue weighted by atomic mass is 15.4. The summed E-state index contributed by atoms with van der Waals surface area (Å²) in [6, 6.07) is 1.77. The lowest BCUT2D eigenvalue weighted by Gasteiger charge is -2.05. The zero-order valence-corrected chi connectivity index (χ0v) is 8.12. The molecule has 14 heavy (non-hydrogen) atoms. The predicted octanol–water partition coefficient (Wildman–Crippen LogP) is 1.18. The molecular formula is C9H11N5. The standard InChI is InChI=1S/C9H11N5/c1-7(2)8-12-6-13-14(8)9-10-4-3-5-11-9/h3-7H,1-2H3. The van der Waals surface area contributed by atoms with Gasteiger partial charge in [-0.1, -0.05) is 13.8 Å². The maximum Gasteiger partial charge on any atom is 0.252 e. The Morgan fingerprint density at radius 1 is 1.14 bits per heavy atom. The van der Waals surface area contributed by atoms with Gasteiger partial charge in [0.15, 0.2) is 0 Å². The van der Waals surface area contributed by atoms with Crippen molar-refractivity contribution in [3.63, 3.8) is 0 Å². The summed E-state index contributed by atoms with van der Waals surface area (Å²) in [5, 5.41) is 4.09. The number of nitrogens with zero attached hydrogens (tertiary/aromatic N) is 5. The molecule has 0 saturated heterocycles. The average molecular weight is 189 g/mol. The lowest BCUT2D eigenvalue weighted by molar-refractivity contribution is 0.688.